The van der Waals surface area contributed by atoms with E-state index in [4.69, 9.17) is 4.74 Å². The monoisotopic (exact) mass is 277 g/mol. The van der Waals surface area contributed by atoms with Crippen LogP contribution in [0.5, 0.6) is 5.75 Å². The molecule has 0 radical (unpaired) electrons. The van der Waals surface area contributed by atoms with E-state index in [9.17, 15) is 8.78 Å². The molecule has 0 bridgehead atoms. The number of piperidine rings is 1. The highest BCUT2D eigenvalue weighted by Gasteiger charge is 2.12. The topological polar surface area (TPSA) is 21.3 Å². The molecule has 102 valence electrons. The molecule has 0 atom stereocenters. The normalized spacial score (nSPS) is 16.1. The molecule has 1 aromatic rings. The molecule has 1 heterocycles. The highest BCUT2D eigenvalue weighted by molar-refractivity contribution is 5.85. The Morgan fingerprint density at radius 3 is 2.56 bits per heavy atom. The van der Waals surface area contributed by atoms with Crippen LogP contribution in [-0.4, -0.2) is 19.7 Å². The maximum absolute atomic E-state index is 12.9. The fraction of sp³-hybridized carbons (Fsp3) is 0.538. The first-order chi connectivity index (χ1) is 8.25. The van der Waals surface area contributed by atoms with Crippen LogP contribution >= 0.6 is 12.4 Å². The summed E-state index contributed by atoms with van der Waals surface area (Å²) in [6.07, 6.45) is 3.31. The number of ether oxygens (including phenoxy) is 1. The summed E-state index contributed by atoms with van der Waals surface area (Å²) in [6, 6.07) is 3.65. The van der Waals surface area contributed by atoms with Crippen molar-refractivity contribution in [3.63, 3.8) is 0 Å². The lowest BCUT2D eigenvalue weighted by molar-refractivity contribution is 0.250. The van der Waals surface area contributed by atoms with Crippen molar-refractivity contribution in [1.29, 1.82) is 0 Å². The molecule has 0 aliphatic carbocycles. The van der Waals surface area contributed by atoms with Crippen molar-refractivity contribution in [1.82, 2.24) is 5.32 Å². The third-order valence-corrected chi connectivity index (χ3v) is 3.14. The maximum Gasteiger partial charge on any atom is 0.162 e. The molecule has 0 spiro atoms. The number of nitrogens with one attached hydrogen (secondary N) is 1. The molecule has 2 nitrogen and oxygen atoms in total. The van der Waals surface area contributed by atoms with Crippen LogP contribution in [-0.2, 0) is 0 Å². The van der Waals surface area contributed by atoms with Crippen molar-refractivity contribution < 1.29 is 13.5 Å². The van der Waals surface area contributed by atoms with Gasteiger partial charge in [0, 0.05) is 6.07 Å². The standard InChI is InChI=1S/C13H17F2NO.ClH/c14-12-2-1-11(9-13(12)15)17-8-5-10-3-6-16-7-4-10;/h1-2,9-10,16H,3-8H2;1H. The van der Waals surface area contributed by atoms with Crippen LogP contribution in [0, 0.1) is 17.6 Å². The van der Waals surface area contributed by atoms with Crippen molar-refractivity contribution in [2.75, 3.05) is 19.7 Å². The van der Waals surface area contributed by atoms with Crippen LogP contribution in [0.4, 0.5) is 8.78 Å². The first-order valence-electron chi connectivity index (χ1n) is 6.04. The van der Waals surface area contributed by atoms with Crippen molar-refractivity contribution in [3.8, 4) is 5.75 Å². The van der Waals surface area contributed by atoms with Crippen LogP contribution in [0.2, 0.25) is 0 Å². The largest absolute Gasteiger partial charge is 0.493 e. The second kappa shape index (κ2) is 7.54. The zero-order chi connectivity index (χ0) is 12.1. The summed E-state index contributed by atoms with van der Waals surface area (Å²) >= 11 is 0. The van der Waals surface area contributed by atoms with Gasteiger partial charge in [0.15, 0.2) is 11.6 Å². The van der Waals surface area contributed by atoms with Gasteiger partial charge >= 0.3 is 0 Å². The second-order valence-electron chi connectivity index (χ2n) is 4.41. The maximum atomic E-state index is 12.9. The lowest BCUT2D eigenvalue weighted by atomic mass is 9.95. The average molecular weight is 278 g/mol. The van der Waals surface area contributed by atoms with Crippen LogP contribution in [0.1, 0.15) is 19.3 Å². The van der Waals surface area contributed by atoms with Crippen molar-refractivity contribution in [2.24, 2.45) is 5.92 Å². The molecule has 2 rings (SSSR count). The van der Waals surface area contributed by atoms with E-state index in [0.29, 0.717) is 18.3 Å². The van der Waals surface area contributed by atoms with Crippen LogP contribution in [0.25, 0.3) is 0 Å². The van der Waals surface area contributed by atoms with Gasteiger partial charge in [0.1, 0.15) is 5.75 Å². The molecule has 1 saturated heterocycles. The van der Waals surface area contributed by atoms with Gasteiger partial charge in [-0.1, -0.05) is 0 Å². The molecule has 1 aliphatic rings. The van der Waals surface area contributed by atoms with Gasteiger partial charge in [-0.3, -0.25) is 0 Å². The minimum atomic E-state index is -0.857. The van der Waals surface area contributed by atoms with Gasteiger partial charge in [-0.15, -0.1) is 12.4 Å². The van der Waals surface area contributed by atoms with E-state index in [1.165, 1.54) is 18.9 Å². The third-order valence-electron chi connectivity index (χ3n) is 3.14. The number of hydrogen-bond acceptors (Lipinski definition) is 2. The van der Waals surface area contributed by atoms with E-state index >= 15 is 0 Å². The minimum Gasteiger partial charge on any atom is -0.493 e. The summed E-state index contributed by atoms with van der Waals surface area (Å²) in [5.41, 5.74) is 0. The average Bonchev–Trinajstić information content (AvgIpc) is 2.35. The summed E-state index contributed by atoms with van der Waals surface area (Å²) in [4.78, 5) is 0. The molecule has 18 heavy (non-hydrogen) atoms. The van der Waals surface area contributed by atoms with E-state index < -0.39 is 11.6 Å². The minimum absolute atomic E-state index is 0. The molecular formula is C13H18ClF2NO. The predicted molar refractivity (Wildman–Crippen MR) is 69.3 cm³/mol. The van der Waals surface area contributed by atoms with Gasteiger partial charge in [0.25, 0.3) is 0 Å². The van der Waals surface area contributed by atoms with E-state index in [2.05, 4.69) is 5.32 Å². The summed E-state index contributed by atoms with van der Waals surface area (Å²) in [5, 5.41) is 3.30. The molecule has 1 N–H and O–H groups in total. The quantitative estimate of drug-likeness (QED) is 0.913. The second-order valence-corrected chi connectivity index (χ2v) is 4.41. The number of halogens is 3. The summed E-state index contributed by atoms with van der Waals surface area (Å²) < 4.78 is 31.0. The van der Waals surface area contributed by atoms with Crippen molar-refractivity contribution in [2.45, 2.75) is 19.3 Å². The fourth-order valence-electron chi connectivity index (χ4n) is 2.08. The molecular weight excluding hydrogens is 260 g/mol. The Labute approximate surface area is 112 Å². The van der Waals surface area contributed by atoms with Gasteiger partial charge in [-0.25, -0.2) is 8.78 Å². The molecule has 0 unspecified atom stereocenters. The number of benzene rings is 1. The molecule has 0 amide bonds. The summed E-state index contributed by atoms with van der Waals surface area (Å²) in [5.74, 6) is -0.612. The van der Waals surface area contributed by atoms with E-state index in [1.54, 1.807) is 0 Å². The van der Waals surface area contributed by atoms with Gasteiger partial charge < -0.3 is 10.1 Å². The van der Waals surface area contributed by atoms with E-state index in [-0.39, 0.29) is 12.4 Å². The van der Waals surface area contributed by atoms with Gasteiger partial charge in [-0.05, 0) is 50.4 Å². The zero-order valence-electron chi connectivity index (χ0n) is 10.1. The van der Waals surface area contributed by atoms with Crippen molar-refractivity contribution >= 4 is 12.4 Å². The Balaban J connectivity index is 0.00000162. The Hall–Kier alpha value is -0.870. The zero-order valence-corrected chi connectivity index (χ0v) is 10.9. The Morgan fingerprint density at radius 1 is 1.17 bits per heavy atom. The Bertz CT molecular complexity index is 370. The fourth-order valence-corrected chi connectivity index (χ4v) is 2.08. The van der Waals surface area contributed by atoms with E-state index in [1.807, 2.05) is 0 Å². The number of hydrogen-bond donors (Lipinski definition) is 1. The van der Waals surface area contributed by atoms with Gasteiger partial charge in [0.2, 0.25) is 0 Å². The molecule has 1 fully saturated rings. The predicted octanol–water partition coefficient (Wildman–Crippen LogP) is 3.16. The lowest BCUT2D eigenvalue weighted by Crippen LogP contribution is -2.28. The first kappa shape index (κ1) is 15.2. The molecule has 1 aliphatic heterocycles. The van der Waals surface area contributed by atoms with Gasteiger partial charge in [-0.2, -0.15) is 0 Å². The first-order valence-corrected chi connectivity index (χ1v) is 6.04. The van der Waals surface area contributed by atoms with Crippen LogP contribution < -0.4 is 10.1 Å². The highest BCUT2D eigenvalue weighted by atomic mass is 35.5. The Morgan fingerprint density at radius 2 is 1.89 bits per heavy atom. The highest BCUT2D eigenvalue weighted by Crippen LogP contribution is 2.19. The van der Waals surface area contributed by atoms with Crippen LogP contribution in [0.15, 0.2) is 18.2 Å². The molecule has 0 saturated carbocycles. The van der Waals surface area contributed by atoms with E-state index in [0.717, 1.165) is 31.6 Å². The third kappa shape index (κ3) is 4.42. The summed E-state index contributed by atoms with van der Waals surface area (Å²) in [6.45, 7) is 2.70. The summed E-state index contributed by atoms with van der Waals surface area (Å²) in [7, 11) is 0. The number of rotatable bonds is 4. The molecule has 0 aromatic heterocycles. The lowest BCUT2D eigenvalue weighted by Gasteiger charge is -2.22. The Kier molecular flexibility index (Phi) is 6.36. The van der Waals surface area contributed by atoms with Crippen molar-refractivity contribution in [3.05, 3.63) is 29.8 Å². The smallest absolute Gasteiger partial charge is 0.162 e. The van der Waals surface area contributed by atoms with Crippen LogP contribution in [0.3, 0.4) is 0 Å². The molecule has 1 aromatic carbocycles. The van der Waals surface area contributed by atoms with Gasteiger partial charge in [0.05, 0.1) is 6.61 Å². The SMILES string of the molecule is Cl.Fc1ccc(OCCC2CCNCC2)cc1F. The molecule has 5 heteroatoms.